The second-order valence-electron chi connectivity index (χ2n) is 8.97. The van der Waals surface area contributed by atoms with Crippen LogP contribution in [0.5, 0.6) is 11.5 Å². The summed E-state index contributed by atoms with van der Waals surface area (Å²) >= 11 is 0. The molecule has 0 aliphatic carbocycles. The second-order valence-corrected chi connectivity index (χ2v) is 8.97. The lowest BCUT2D eigenvalue weighted by atomic mass is 9.82. The Hall–Kier alpha value is -3.48. The highest BCUT2D eigenvalue weighted by atomic mass is 16.7. The van der Waals surface area contributed by atoms with Gasteiger partial charge in [-0.05, 0) is 43.2 Å². The summed E-state index contributed by atoms with van der Waals surface area (Å²) in [5, 5.41) is 1.09. The number of aromatic amines is 1. The molecule has 0 bridgehead atoms. The van der Waals surface area contributed by atoms with E-state index in [0.29, 0.717) is 17.9 Å². The van der Waals surface area contributed by atoms with E-state index in [-0.39, 0.29) is 18.6 Å². The lowest BCUT2D eigenvalue weighted by Crippen LogP contribution is -2.70. The summed E-state index contributed by atoms with van der Waals surface area (Å²) in [4.78, 5) is 34.1. The molecule has 0 radical (unpaired) electrons. The first kappa shape index (κ1) is 18.3. The first-order valence-corrected chi connectivity index (χ1v) is 10.5. The van der Waals surface area contributed by atoms with Gasteiger partial charge in [0.05, 0.1) is 6.04 Å². The van der Waals surface area contributed by atoms with Gasteiger partial charge in [-0.15, -0.1) is 0 Å². The van der Waals surface area contributed by atoms with Crippen LogP contribution in [0.4, 0.5) is 0 Å². The first-order chi connectivity index (χ1) is 14.9. The van der Waals surface area contributed by atoms with Gasteiger partial charge in [0.15, 0.2) is 11.5 Å². The van der Waals surface area contributed by atoms with E-state index >= 15 is 0 Å². The maximum absolute atomic E-state index is 13.7. The minimum atomic E-state index is -0.925. The van der Waals surface area contributed by atoms with E-state index in [2.05, 4.69) is 11.1 Å². The number of amides is 2. The number of nitrogens with zero attached hydrogens (tertiary/aromatic N) is 2. The van der Waals surface area contributed by atoms with Gasteiger partial charge in [0.1, 0.15) is 11.6 Å². The van der Waals surface area contributed by atoms with Gasteiger partial charge < -0.3 is 24.3 Å². The van der Waals surface area contributed by atoms with Crippen LogP contribution in [0.15, 0.2) is 42.5 Å². The van der Waals surface area contributed by atoms with Gasteiger partial charge >= 0.3 is 0 Å². The van der Waals surface area contributed by atoms with E-state index in [1.165, 1.54) is 0 Å². The molecule has 0 spiro atoms. The summed E-state index contributed by atoms with van der Waals surface area (Å²) in [6, 6.07) is 12.9. The third-order valence-electron chi connectivity index (χ3n) is 7.06. The molecule has 3 aliphatic rings. The molecule has 1 fully saturated rings. The Morgan fingerprint density at radius 1 is 1.06 bits per heavy atom. The molecule has 7 heteroatoms. The van der Waals surface area contributed by atoms with Gasteiger partial charge in [0, 0.05) is 30.1 Å². The molecule has 1 aromatic heterocycles. The fourth-order valence-electron chi connectivity index (χ4n) is 5.12. The lowest BCUT2D eigenvalue weighted by Gasteiger charge is -2.52. The number of carbonyl (C=O) groups is 2. The normalized spacial score (nSPS) is 23.8. The topological polar surface area (TPSA) is 74.9 Å². The van der Waals surface area contributed by atoms with Gasteiger partial charge in [-0.3, -0.25) is 9.59 Å². The Morgan fingerprint density at radius 3 is 2.68 bits per heavy atom. The summed E-state index contributed by atoms with van der Waals surface area (Å²) in [5.74, 6) is 1.25. The Morgan fingerprint density at radius 2 is 1.84 bits per heavy atom. The molecule has 158 valence electrons. The summed E-state index contributed by atoms with van der Waals surface area (Å²) in [6.07, 6.45) is 0.491. The van der Waals surface area contributed by atoms with Crippen LogP contribution in [0, 0.1) is 0 Å². The first-order valence-electron chi connectivity index (χ1n) is 10.5. The number of likely N-dealkylation sites (N-methyl/N-ethyl adjacent to an activating group) is 1. The van der Waals surface area contributed by atoms with Crippen molar-refractivity contribution in [3.8, 4) is 11.5 Å². The van der Waals surface area contributed by atoms with Crippen LogP contribution in [0.25, 0.3) is 10.9 Å². The molecule has 7 nitrogen and oxygen atoms in total. The third-order valence-corrected chi connectivity index (χ3v) is 7.06. The molecule has 4 heterocycles. The van der Waals surface area contributed by atoms with Crippen molar-refractivity contribution in [3.05, 3.63) is 59.3 Å². The molecule has 1 saturated heterocycles. The van der Waals surface area contributed by atoms with Gasteiger partial charge in [-0.25, -0.2) is 0 Å². The largest absolute Gasteiger partial charge is 0.454 e. The maximum Gasteiger partial charge on any atom is 0.249 e. The van der Waals surface area contributed by atoms with E-state index < -0.39 is 17.6 Å². The highest BCUT2D eigenvalue weighted by Crippen LogP contribution is 2.46. The predicted molar refractivity (Wildman–Crippen MR) is 114 cm³/mol. The standard InChI is InChI=1S/C24H23N3O4/c1-24(2)23(29)27-17(22(28)26(24)3)11-15-14-6-4-5-7-16(14)25-20(15)21(27)13-8-9-18-19(10-13)31-12-30-18/h4-10,17,21,25H,11-12H2,1-3H3/t17-,21?/m1/s1. The molecule has 2 amide bonds. The van der Waals surface area contributed by atoms with Crippen LogP contribution in [-0.4, -0.2) is 52.0 Å². The van der Waals surface area contributed by atoms with Crippen LogP contribution in [0.2, 0.25) is 0 Å². The molecule has 0 saturated carbocycles. The number of para-hydroxylation sites is 1. The maximum atomic E-state index is 13.7. The summed E-state index contributed by atoms with van der Waals surface area (Å²) in [5.41, 5.74) is 3.02. The quantitative estimate of drug-likeness (QED) is 0.661. The number of benzene rings is 2. The molecule has 2 aromatic carbocycles. The lowest BCUT2D eigenvalue weighted by molar-refractivity contribution is -0.169. The predicted octanol–water partition coefficient (Wildman–Crippen LogP) is 2.99. The molecule has 1 unspecified atom stereocenters. The van der Waals surface area contributed by atoms with Crippen molar-refractivity contribution >= 4 is 22.7 Å². The van der Waals surface area contributed by atoms with E-state index in [0.717, 1.165) is 27.7 Å². The number of ether oxygens (including phenoxy) is 2. The number of hydrogen-bond acceptors (Lipinski definition) is 4. The fraction of sp³-hybridized carbons (Fsp3) is 0.333. The van der Waals surface area contributed by atoms with Gasteiger partial charge in [-0.2, -0.15) is 0 Å². The zero-order valence-corrected chi connectivity index (χ0v) is 17.6. The molecule has 3 aliphatic heterocycles. The molecular formula is C24H23N3O4. The van der Waals surface area contributed by atoms with Crippen LogP contribution >= 0.6 is 0 Å². The molecule has 1 N–H and O–H groups in total. The molecule has 31 heavy (non-hydrogen) atoms. The number of carbonyl (C=O) groups excluding carboxylic acids is 2. The Balaban J connectivity index is 1.61. The van der Waals surface area contributed by atoms with E-state index in [4.69, 9.17) is 9.47 Å². The van der Waals surface area contributed by atoms with E-state index in [1.807, 2.05) is 36.4 Å². The summed E-state index contributed by atoms with van der Waals surface area (Å²) in [6.45, 7) is 3.80. The molecule has 6 rings (SSSR count). The highest BCUT2D eigenvalue weighted by Gasteiger charge is 2.54. The van der Waals surface area contributed by atoms with Crippen LogP contribution < -0.4 is 9.47 Å². The van der Waals surface area contributed by atoms with Crippen molar-refractivity contribution < 1.29 is 19.1 Å². The number of nitrogens with one attached hydrogen (secondary N) is 1. The van der Waals surface area contributed by atoms with Crippen LogP contribution in [-0.2, 0) is 16.0 Å². The Kier molecular flexibility index (Phi) is 3.56. The van der Waals surface area contributed by atoms with Crippen LogP contribution in [0.1, 0.15) is 36.7 Å². The second kappa shape index (κ2) is 6.03. The van der Waals surface area contributed by atoms with Gasteiger partial charge in [0.25, 0.3) is 0 Å². The Bertz CT molecular complexity index is 1260. The summed E-state index contributed by atoms with van der Waals surface area (Å²) < 4.78 is 11.1. The summed E-state index contributed by atoms with van der Waals surface area (Å²) in [7, 11) is 1.72. The zero-order valence-electron chi connectivity index (χ0n) is 17.6. The molecular weight excluding hydrogens is 394 g/mol. The Labute approximate surface area is 179 Å². The van der Waals surface area contributed by atoms with Crippen molar-refractivity contribution in [2.45, 2.75) is 37.9 Å². The van der Waals surface area contributed by atoms with E-state index in [9.17, 15) is 9.59 Å². The average molecular weight is 417 g/mol. The number of H-pyrrole nitrogens is 1. The third kappa shape index (κ3) is 2.34. The SMILES string of the molecule is CN1C(=O)[C@H]2Cc3c([nH]c4ccccc34)C(c3ccc4c(c3)OCO4)N2C(=O)C1(C)C. The molecule has 2 atom stereocenters. The number of aromatic nitrogens is 1. The fourth-order valence-corrected chi connectivity index (χ4v) is 5.12. The molecule has 3 aromatic rings. The van der Waals surface area contributed by atoms with Crippen molar-refractivity contribution in [2.75, 3.05) is 13.8 Å². The number of piperazine rings is 1. The van der Waals surface area contributed by atoms with Crippen molar-refractivity contribution in [2.24, 2.45) is 0 Å². The van der Waals surface area contributed by atoms with E-state index in [1.54, 1.807) is 30.7 Å². The highest BCUT2D eigenvalue weighted by molar-refractivity contribution is 6.01. The number of rotatable bonds is 1. The minimum absolute atomic E-state index is 0.0359. The smallest absolute Gasteiger partial charge is 0.249 e. The van der Waals surface area contributed by atoms with Gasteiger partial charge in [-0.1, -0.05) is 24.3 Å². The number of fused-ring (bicyclic) bond motifs is 5. The minimum Gasteiger partial charge on any atom is -0.454 e. The van der Waals surface area contributed by atoms with Crippen molar-refractivity contribution in [1.29, 1.82) is 0 Å². The van der Waals surface area contributed by atoms with Crippen LogP contribution in [0.3, 0.4) is 0 Å². The van der Waals surface area contributed by atoms with Crippen molar-refractivity contribution in [1.82, 2.24) is 14.8 Å². The number of hydrogen-bond donors (Lipinski definition) is 1. The van der Waals surface area contributed by atoms with Gasteiger partial charge in [0.2, 0.25) is 18.6 Å². The zero-order chi connectivity index (χ0) is 21.5. The monoisotopic (exact) mass is 417 g/mol. The van der Waals surface area contributed by atoms with Crippen molar-refractivity contribution in [3.63, 3.8) is 0 Å². The average Bonchev–Trinajstić information content (AvgIpc) is 3.39.